The highest BCUT2D eigenvalue weighted by Crippen LogP contribution is 2.36. The van der Waals surface area contributed by atoms with E-state index in [9.17, 15) is 19.4 Å². The van der Waals surface area contributed by atoms with E-state index in [1.807, 2.05) is 32.2 Å². The molecule has 0 radical (unpaired) electrons. The number of aliphatic carboxylic acids is 1. The number of hydrogen-bond acceptors (Lipinski definition) is 4. The van der Waals surface area contributed by atoms with Crippen molar-refractivity contribution >= 4 is 29.2 Å². The molecule has 0 saturated carbocycles. The standard InChI is InChI=1S/C23H24ClFN2O4/c1-13(2)22-18(8-6-15(28)11-16(29)12-21(30)31)23(26-27-9-3-4-20(22)27)17-7-5-14(25)10-19(17)24/h3-10,13,15-16,28-29H,11-12H2,1-2H3,(H,30,31)/b8-6+. The van der Waals surface area contributed by atoms with Crippen LogP contribution in [0.5, 0.6) is 0 Å². The summed E-state index contributed by atoms with van der Waals surface area (Å²) in [7, 11) is 0. The Morgan fingerprint density at radius 2 is 2.03 bits per heavy atom. The molecule has 0 amide bonds. The number of carboxylic acid groups (broad SMARTS) is 1. The third-order valence-electron chi connectivity index (χ3n) is 4.93. The van der Waals surface area contributed by atoms with Crippen LogP contribution in [-0.2, 0) is 4.79 Å². The molecular formula is C23H24ClFN2O4. The number of aromatic nitrogens is 2. The predicted octanol–water partition coefficient (Wildman–Crippen LogP) is 4.52. The predicted molar refractivity (Wildman–Crippen MR) is 118 cm³/mol. The lowest BCUT2D eigenvalue weighted by Gasteiger charge is -2.18. The summed E-state index contributed by atoms with van der Waals surface area (Å²) in [6, 6.07) is 7.89. The van der Waals surface area contributed by atoms with E-state index in [4.69, 9.17) is 16.7 Å². The lowest BCUT2D eigenvalue weighted by molar-refractivity contribution is -0.139. The molecular weight excluding hydrogens is 423 g/mol. The summed E-state index contributed by atoms with van der Waals surface area (Å²) in [6.07, 6.45) is 2.21. The molecule has 0 saturated heterocycles. The number of fused-ring (bicyclic) bond motifs is 1. The molecule has 1 aromatic carbocycles. The van der Waals surface area contributed by atoms with Crippen LogP contribution in [-0.4, -0.2) is 43.1 Å². The number of nitrogens with zero attached hydrogens (tertiary/aromatic N) is 2. The Morgan fingerprint density at radius 1 is 1.29 bits per heavy atom. The van der Waals surface area contributed by atoms with Crippen molar-refractivity contribution in [3.63, 3.8) is 0 Å². The first-order valence-electron chi connectivity index (χ1n) is 9.90. The first-order chi connectivity index (χ1) is 14.7. The highest BCUT2D eigenvalue weighted by atomic mass is 35.5. The molecule has 31 heavy (non-hydrogen) atoms. The second kappa shape index (κ2) is 9.60. The molecule has 2 aromatic heterocycles. The zero-order valence-electron chi connectivity index (χ0n) is 17.2. The van der Waals surface area contributed by atoms with Crippen molar-refractivity contribution in [1.29, 1.82) is 0 Å². The molecule has 6 nitrogen and oxygen atoms in total. The van der Waals surface area contributed by atoms with Gasteiger partial charge in [-0.1, -0.05) is 37.6 Å². The fraction of sp³-hybridized carbons (Fsp3) is 0.304. The van der Waals surface area contributed by atoms with E-state index in [0.717, 1.165) is 11.1 Å². The molecule has 3 N–H and O–H groups in total. The van der Waals surface area contributed by atoms with E-state index >= 15 is 0 Å². The number of aliphatic hydroxyl groups excluding tert-OH is 2. The average Bonchev–Trinajstić information content (AvgIpc) is 3.12. The van der Waals surface area contributed by atoms with Crippen molar-refractivity contribution in [2.75, 3.05) is 0 Å². The quantitative estimate of drug-likeness (QED) is 0.473. The van der Waals surface area contributed by atoms with Gasteiger partial charge in [0.25, 0.3) is 0 Å². The summed E-state index contributed by atoms with van der Waals surface area (Å²) in [5.41, 5.74) is 3.62. The fourth-order valence-electron chi connectivity index (χ4n) is 3.61. The minimum atomic E-state index is -1.17. The molecule has 0 bridgehead atoms. The highest BCUT2D eigenvalue weighted by Gasteiger charge is 2.20. The number of halogens is 2. The molecule has 0 fully saturated rings. The number of benzene rings is 1. The molecule has 0 aliphatic carbocycles. The van der Waals surface area contributed by atoms with Crippen molar-refractivity contribution in [2.24, 2.45) is 0 Å². The maximum atomic E-state index is 13.6. The monoisotopic (exact) mass is 446 g/mol. The number of rotatable bonds is 8. The van der Waals surface area contributed by atoms with Gasteiger partial charge in [0.1, 0.15) is 11.5 Å². The summed E-state index contributed by atoms with van der Waals surface area (Å²) < 4.78 is 15.3. The molecule has 164 valence electrons. The Hall–Kier alpha value is -2.74. The number of carbonyl (C=O) groups is 1. The summed E-state index contributed by atoms with van der Waals surface area (Å²) in [4.78, 5) is 10.7. The lowest BCUT2D eigenvalue weighted by Crippen LogP contribution is -2.19. The van der Waals surface area contributed by atoms with Gasteiger partial charge in [0.15, 0.2) is 0 Å². The van der Waals surface area contributed by atoms with Crippen LogP contribution in [0.1, 0.15) is 43.7 Å². The van der Waals surface area contributed by atoms with Gasteiger partial charge in [-0.15, -0.1) is 0 Å². The largest absolute Gasteiger partial charge is 0.481 e. The van der Waals surface area contributed by atoms with Gasteiger partial charge >= 0.3 is 5.97 Å². The number of hydrogen-bond donors (Lipinski definition) is 3. The normalized spacial score (nSPS) is 13.9. The topological polar surface area (TPSA) is 95.1 Å². The van der Waals surface area contributed by atoms with Gasteiger partial charge in [-0.2, -0.15) is 5.10 Å². The lowest BCUT2D eigenvalue weighted by atomic mass is 9.92. The molecule has 0 aliphatic rings. The molecule has 3 aromatic rings. The zero-order valence-corrected chi connectivity index (χ0v) is 17.9. The Bertz CT molecular complexity index is 1130. The minimum absolute atomic E-state index is 0.0905. The summed E-state index contributed by atoms with van der Waals surface area (Å²) in [5.74, 6) is -1.51. The van der Waals surface area contributed by atoms with E-state index < -0.39 is 30.4 Å². The van der Waals surface area contributed by atoms with Gasteiger partial charge in [-0.3, -0.25) is 4.79 Å². The average molecular weight is 447 g/mol. The van der Waals surface area contributed by atoms with Crippen LogP contribution < -0.4 is 0 Å². The molecule has 2 heterocycles. The van der Waals surface area contributed by atoms with Gasteiger partial charge in [0.05, 0.1) is 29.2 Å². The number of carboxylic acids is 1. The van der Waals surface area contributed by atoms with Crippen molar-refractivity contribution in [3.05, 3.63) is 64.6 Å². The van der Waals surface area contributed by atoms with Gasteiger partial charge in [-0.05, 0) is 41.8 Å². The zero-order chi connectivity index (χ0) is 22.7. The van der Waals surface area contributed by atoms with Crippen molar-refractivity contribution < 1.29 is 24.5 Å². The SMILES string of the molecule is CC(C)c1c(/C=C/C(O)CC(O)CC(=O)O)c(-c2ccc(F)cc2Cl)nn2cccc12. The molecule has 8 heteroatoms. The van der Waals surface area contributed by atoms with E-state index in [2.05, 4.69) is 5.10 Å². The van der Waals surface area contributed by atoms with Gasteiger partial charge in [-0.25, -0.2) is 8.91 Å². The number of aliphatic hydroxyl groups is 2. The summed E-state index contributed by atoms with van der Waals surface area (Å²) >= 11 is 6.32. The van der Waals surface area contributed by atoms with E-state index in [0.29, 0.717) is 16.8 Å². The van der Waals surface area contributed by atoms with Gasteiger partial charge < -0.3 is 15.3 Å². The van der Waals surface area contributed by atoms with Crippen LogP contribution in [0.4, 0.5) is 4.39 Å². The van der Waals surface area contributed by atoms with E-state index in [1.54, 1.807) is 16.7 Å². The van der Waals surface area contributed by atoms with Crippen molar-refractivity contribution in [1.82, 2.24) is 9.61 Å². The Kier molecular flexibility index (Phi) is 7.10. The Morgan fingerprint density at radius 3 is 2.68 bits per heavy atom. The third-order valence-corrected chi connectivity index (χ3v) is 5.24. The van der Waals surface area contributed by atoms with Crippen LogP contribution in [0.15, 0.2) is 42.6 Å². The molecule has 2 unspecified atom stereocenters. The van der Waals surface area contributed by atoms with Crippen LogP contribution in [0.3, 0.4) is 0 Å². The second-order valence-electron chi connectivity index (χ2n) is 7.71. The van der Waals surface area contributed by atoms with Crippen LogP contribution in [0, 0.1) is 5.82 Å². The van der Waals surface area contributed by atoms with Crippen LogP contribution in [0.25, 0.3) is 22.9 Å². The maximum Gasteiger partial charge on any atom is 0.305 e. The summed E-state index contributed by atoms with van der Waals surface area (Å²) in [6.45, 7) is 4.06. The van der Waals surface area contributed by atoms with E-state index in [-0.39, 0.29) is 17.4 Å². The fourth-order valence-corrected chi connectivity index (χ4v) is 3.86. The Labute approximate surface area is 184 Å². The van der Waals surface area contributed by atoms with Crippen LogP contribution in [0.2, 0.25) is 5.02 Å². The first kappa shape index (κ1) is 22.9. The minimum Gasteiger partial charge on any atom is -0.481 e. The molecule has 3 rings (SSSR count). The van der Waals surface area contributed by atoms with E-state index in [1.165, 1.54) is 18.2 Å². The second-order valence-corrected chi connectivity index (χ2v) is 8.11. The molecule has 2 atom stereocenters. The van der Waals surface area contributed by atoms with Gasteiger partial charge in [0.2, 0.25) is 0 Å². The summed E-state index contributed by atoms with van der Waals surface area (Å²) in [5, 5.41) is 33.8. The highest BCUT2D eigenvalue weighted by molar-refractivity contribution is 6.33. The van der Waals surface area contributed by atoms with Crippen molar-refractivity contribution in [3.8, 4) is 11.3 Å². The smallest absolute Gasteiger partial charge is 0.305 e. The maximum absolute atomic E-state index is 13.6. The first-order valence-corrected chi connectivity index (χ1v) is 10.3. The van der Waals surface area contributed by atoms with Crippen LogP contribution >= 0.6 is 11.6 Å². The van der Waals surface area contributed by atoms with Gasteiger partial charge in [0, 0.05) is 23.7 Å². The van der Waals surface area contributed by atoms with Crippen molar-refractivity contribution in [2.45, 2.75) is 44.8 Å². The Balaban J connectivity index is 2.11. The molecule has 0 aliphatic heterocycles. The molecule has 0 spiro atoms. The third kappa shape index (κ3) is 5.31.